The van der Waals surface area contributed by atoms with Crippen molar-refractivity contribution in [3.8, 4) is 5.88 Å². The topological polar surface area (TPSA) is 68.5 Å². The van der Waals surface area contributed by atoms with Crippen LogP contribution in [0, 0.1) is 0 Å². The van der Waals surface area contributed by atoms with Crippen molar-refractivity contribution in [1.29, 1.82) is 0 Å². The van der Waals surface area contributed by atoms with Crippen molar-refractivity contribution in [3.63, 3.8) is 0 Å². The molecule has 2 heterocycles. The number of carbonyl (C=O) groups excluding carboxylic acids is 1. The molecule has 2 rings (SSSR count). The van der Waals surface area contributed by atoms with Gasteiger partial charge in [-0.05, 0) is 25.5 Å². The van der Waals surface area contributed by atoms with Crippen molar-refractivity contribution in [2.24, 2.45) is 5.73 Å². The molecule has 1 aliphatic rings. The van der Waals surface area contributed by atoms with Crippen LogP contribution in [-0.4, -0.2) is 34.5 Å². The molecule has 0 aromatic carbocycles. The van der Waals surface area contributed by atoms with Crippen LogP contribution in [0.25, 0.3) is 0 Å². The lowest BCUT2D eigenvalue weighted by Crippen LogP contribution is -2.27. The minimum absolute atomic E-state index is 0.0364. The molecule has 0 spiro atoms. The van der Waals surface area contributed by atoms with Crippen LogP contribution in [0.1, 0.15) is 25.8 Å². The van der Waals surface area contributed by atoms with Gasteiger partial charge in [0.15, 0.2) is 0 Å². The maximum atomic E-state index is 11.7. The van der Waals surface area contributed by atoms with E-state index in [1.54, 1.807) is 11.1 Å². The van der Waals surface area contributed by atoms with Gasteiger partial charge in [-0.15, -0.1) is 0 Å². The number of amides is 1. The highest BCUT2D eigenvalue weighted by Crippen LogP contribution is 2.16. The summed E-state index contributed by atoms with van der Waals surface area (Å²) in [6.07, 6.45) is 2.24. The summed E-state index contributed by atoms with van der Waals surface area (Å²) in [5.74, 6) is 0.712. The molecule has 1 aliphatic heterocycles. The first kappa shape index (κ1) is 12.8. The van der Waals surface area contributed by atoms with Gasteiger partial charge < -0.3 is 15.4 Å². The third kappa shape index (κ3) is 3.20. The number of carbonyl (C=O) groups is 1. The predicted octanol–water partition coefficient (Wildman–Crippen LogP) is 0.928. The number of aromatic nitrogens is 1. The van der Waals surface area contributed by atoms with Crippen LogP contribution in [0.5, 0.6) is 5.88 Å². The molecule has 0 aliphatic carbocycles. The maximum absolute atomic E-state index is 11.7. The highest BCUT2D eigenvalue weighted by molar-refractivity contribution is 5.79. The van der Waals surface area contributed by atoms with Crippen LogP contribution in [-0.2, 0) is 11.3 Å². The zero-order valence-corrected chi connectivity index (χ0v) is 10.8. The Balaban J connectivity index is 2.03. The van der Waals surface area contributed by atoms with E-state index in [4.69, 9.17) is 10.5 Å². The van der Waals surface area contributed by atoms with E-state index in [0.29, 0.717) is 25.4 Å². The molecule has 1 fully saturated rings. The summed E-state index contributed by atoms with van der Waals surface area (Å²) in [5.41, 5.74) is 6.78. The fraction of sp³-hybridized carbons (Fsp3) is 0.538. The summed E-state index contributed by atoms with van der Waals surface area (Å²) < 4.78 is 5.53. The number of likely N-dealkylation sites (tertiary alicyclic amines) is 1. The molecule has 5 heteroatoms. The second-order valence-electron chi connectivity index (χ2n) is 4.91. The van der Waals surface area contributed by atoms with E-state index in [9.17, 15) is 4.79 Å². The molecule has 98 valence electrons. The van der Waals surface area contributed by atoms with Gasteiger partial charge in [-0.3, -0.25) is 4.79 Å². The minimum atomic E-state index is -0.0364. The second kappa shape index (κ2) is 5.35. The molecule has 5 nitrogen and oxygen atoms in total. The lowest BCUT2D eigenvalue weighted by atomic mass is 10.2. The third-order valence-corrected chi connectivity index (χ3v) is 2.77. The van der Waals surface area contributed by atoms with Crippen molar-refractivity contribution in [3.05, 3.63) is 23.9 Å². The quantitative estimate of drug-likeness (QED) is 0.862. The molecule has 0 bridgehead atoms. The molecule has 1 atom stereocenters. The smallest absolute Gasteiger partial charge is 0.224 e. The van der Waals surface area contributed by atoms with Gasteiger partial charge in [0.1, 0.15) is 0 Å². The number of nitrogens with zero attached hydrogens (tertiary/aromatic N) is 2. The number of rotatable bonds is 4. The Labute approximate surface area is 107 Å². The number of ether oxygens (including phenoxy) is 1. The van der Waals surface area contributed by atoms with E-state index in [2.05, 4.69) is 4.98 Å². The zero-order valence-electron chi connectivity index (χ0n) is 10.8. The van der Waals surface area contributed by atoms with Gasteiger partial charge in [-0.2, -0.15) is 0 Å². The lowest BCUT2D eigenvalue weighted by Gasteiger charge is -2.16. The van der Waals surface area contributed by atoms with Crippen LogP contribution in [0.15, 0.2) is 18.3 Å². The number of nitrogens with two attached hydrogens (primary N) is 1. The lowest BCUT2D eigenvalue weighted by molar-refractivity contribution is -0.128. The molecule has 0 radical (unpaired) electrons. The van der Waals surface area contributed by atoms with Gasteiger partial charge in [0.05, 0.1) is 6.10 Å². The average Bonchev–Trinajstić information content (AvgIpc) is 2.57. The summed E-state index contributed by atoms with van der Waals surface area (Å²) in [4.78, 5) is 17.6. The van der Waals surface area contributed by atoms with E-state index in [1.165, 1.54) is 0 Å². The van der Waals surface area contributed by atoms with Crippen LogP contribution >= 0.6 is 0 Å². The number of pyridine rings is 1. The molecule has 1 amide bonds. The van der Waals surface area contributed by atoms with Crippen LogP contribution < -0.4 is 10.5 Å². The van der Waals surface area contributed by atoms with Gasteiger partial charge in [0.2, 0.25) is 11.8 Å². The summed E-state index contributed by atoms with van der Waals surface area (Å²) in [6.45, 7) is 5.11. The van der Waals surface area contributed by atoms with Crippen LogP contribution in [0.3, 0.4) is 0 Å². The van der Waals surface area contributed by atoms with Gasteiger partial charge in [0, 0.05) is 37.8 Å². The molecule has 1 aromatic heterocycles. The summed E-state index contributed by atoms with van der Waals surface area (Å²) in [5, 5.41) is 0. The van der Waals surface area contributed by atoms with Crippen molar-refractivity contribution in [2.45, 2.75) is 39.0 Å². The van der Waals surface area contributed by atoms with Crippen LogP contribution in [0.4, 0.5) is 0 Å². The molecule has 0 saturated carbocycles. The Hall–Kier alpha value is -1.62. The highest BCUT2D eigenvalue weighted by Gasteiger charge is 2.26. The van der Waals surface area contributed by atoms with E-state index in [0.717, 1.165) is 5.56 Å². The Morgan fingerprint density at radius 2 is 2.39 bits per heavy atom. The minimum Gasteiger partial charge on any atom is -0.475 e. The van der Waals surface area contributed by atoms with E-state index in [-0.39, 0.29) is 18.1 Å². The fourth-order valence-corrected chi connectivity index (χ4v) is 2.03. The Morgan fingerprint density at radius 3 is 3.00 bits per heavy atom. The van der Waals surface area contributed by atoms with Crippen molar-refractivity contribution in [2.75, 3.05) is 6.54 Å². The fourth-order valence-electron chi connectivity index (χ4n) is 2.03. The SMILES string of the molecule is CC(C)Oc1cc(CN2CC(N)CC2=O)ccn1. The van der Waals surface area contributed by atoms with Crippen molar-refractivity contribution < 1.29 is 9.53 Å². The highest BCUT2D eigenvalue weighted by atomic mass is 16.5. The Kier molecular flexibility index (Phi) is 3.81. The first-order valence-electron chi connectivity index (χ1n) is 6.19. The summed E-state index contributed by atoms with van der Waals surface area (Å²) in [7, 11) is 0. The van der Waals surface area contributed by atoms with Gasteiger partial charge in [-0.1, -0.05) is 0 Å². The van der Waals surface area contributed by atoms with Crippen molar-refractivity contribution in [1.82, 2.24) is 9.88 Å². The molecule has 2 N–H and O–H groups in total. The summed E-state index contributed by atoms with van der Waals surface area (Å²) >= 11 is 0. The predicted molar refractivity (Wildman–Crippen MR) is 68.0 cm³/mol. The first-order chi connectivity index (χ1) is 8.54. The average molecular weight is 249 g/mol. The molecule has 1 saturated heterocycles. The molecular weight excluding hydrogens is 230 g/mol. The molecular formula is C13H19N3O2. The zero-order chi connectivity index (χ0) is 13.1. The molecule has 18 heavy (non-hydrogen) atoms. The number of hydrogen-bond acceptors (Lipinski definition) is 4. The Morgan fingerprint density at radius 1 is 1.61 bits per heavy atom. The van der Waals surface area contributed by atoms with Gasteiger partial charge >= 0.3 is 0 Å². The third-order valence-electron chi connectivity index (χ3n) is 2.77. The molecule has 1 aromatic rings. The van der Waals surface area contributed by atoms with Gasteiger partial charge in [-0.25, -0.2) is 4.98 Å². The number of hydrogen-bond donors (Lipinski definition) is 1. The summed E-state index contributed by atoms with van der Waals surface area (Å²) in [6, 6.07) is 3.73. The monoisotopic (exact) mass is 249 g/mol. The Bertz CT molecular complexity index is 434. The van der Waals surface area contributed by atoms with Crippen LogP contribution in [0.2, 0.25) is 0 Å². The van der Waals surface area contributed by atoms with Gasteiger partial charge in [0.25, 0.3) is 0 Å². The second-order valence-corrected chi connectivity index (χ2v) is 4.91. The maximum Gasteiger partial charge on any atom is 0.224 e. The first-order valence-corrected chi connectivity index (χ1v) is 6.19. The van der Waals surface area contributed by atoms with E-state index >= 15 is 0 Å². The largest absolute Gasteiger partial charge is 0.475 e. The molecule has 1 unspecified atom stereocenters. The van der Waals surface area contributed by atoms with Crippen molar-refractivity contribution >= 4 is 5.91 Å². The van der Waals surface area contributed by atoms with E-state index in [1.807, 2.05) is 26.0 Å². The van der Waals surface area contributed by atoms with E-state index < -0.39 is 0 Å². The standard InChI is InChI=1S/C13H19N3O2/c1-9(2)18-12-5-10(3-4-15-12)7-16-8-11(14)6-13(16)17/h3-5,9,11H,6-8,14H2,1-2H3. The normalized spacial score (nSPS) is 19.7.